The number of aliphatic hydroxyl groups is 3. The maximum Gasteiger partial charge on any atom is 0.337 e. The summed E-state index contributed by atoms with van der Waals surface area (Å²) >= 11 is 2.69. The van der Waals surface area contributed by atoms with Crippen LogP contribution in [0.5, 0.6) is 0 Å². The molecule has 0 aromatic rings. The van der Waals surface area contributed by atoms with E-state index >= 15 is 0 Å². The molecule has 0 radical (unpaired) electrons. The quantitative estimate of drug-likeness (QED) is 0.420. The summed E-state index contributed by atoms with van der Waals surface area (Å²) in [5, 5.41) is 36.4. The molecule has 1 fully saturated rings. The van der Waals surface area contributed by atoms with Crippen LogP contribution >= 0.6 is 15.9 Å². The van der Waals surface area contributed by atoms with E-state index in [1.165, 1.54) is 0 Å². The summed E-state index contributed by atoms with van der Waals surface area (Å²) in [4.78, 5) is 20.4. The van der Waals surface area contributed by atoms with Crippen LogP contribution in [0, 0.1) is 0 Å². The number of alkyl halides is 1. The van der Waals surface area contributed by atoms with Crippen molar-refractivity contribution >= 4 is 27.7 Å². The fraction of sp³-hybridized carbons (Fsp3) is 0.714. The highest BCUT2D eigenvalue weighted by molar-refractivity contribution is 9.10. The molecule has 1 saturated carbocycles. The first-order chi connectivity index (χ1) is 6.30. The van der Waals surface area contributed by atoms with Gasteiger partial charge in [0.1, 0.15) is 10.9 Å². The van der Waals surface area contributed by atoms with Crippen molar-refractivity contribution in [1.82, 2.24) is 0 Å². The van der Waals surface area contributed by atoms with Crippen molar-refractivity contribution in [3.63, 3.8) is 0 Å². The van der Waals surface area contributed by atoms with E-state index < -0.39 is 40.8 Å². The molecule has 1 aliphatic carbocycles. The Balaban J connectivity index is 3.02. The van der Waals surface area contributed by atoms with Gasteiger partial charge in [-0.15, -0.1) is 0 Å². The van der Waals surface area contributed by atoms with Crippen molar-refractivity contribution in [3.05, 3.63) is 0 Å². The normalized spacial score (nSPS) is 43.7. The molecule has 0 aliphatic heterocycles. The van der Waals surface area contributed by atoms with Crippen molar-refractivity contribution in [2.24, 2.45) is 0 Å². The third kappa shape index (κ3) is 1.56. The Morgan fingerprint density at radius 1 is 1.50 bits per heavy atom. The van der Waals surface area contributed by atoms with Crippen LogP contribution in [-0.4, -0.2) is 54.8 Å². The fourth-order valence-corrected chi connectivity index (χ4v) is 1.96. The number of aliphatic hydroxyl groups excluding tert-OH is 2. The van der Waals surface area contributed by atoms with Crippen molar-refractivity contribution < 1.29 is 30.0 Å². The molecule has 0 aromatic heterocycles. The first kappa shape index (κ1) is 11.6. The molecule has 0 bridgehead atoms. The average molecular weight is 269 g/mol. The minimum absolute atomic E-state index is 0.592. The van der Waals surface area contributed by atoms with Crippen LogP contribution < -0.4 is 0 Å². The van der Waals surface area contributed by atoms with Crippen LogP contribution in [-0.2, 0) is 9.59 Å². The fourth-order valence-electron chi connectivity index (χ4n) is 1.30. The highest BCUT2D eigenvalue weighted by atomic mass is 79.9. The molecule has 7 heteroatoms. The van der Waals surface area contributed by atoms with Crippen LogP contribution in [0.1, 0.15) is 6.42 Å². The van der Waals surface area contributed by atoms with Crippen LogP contribution in [0.3, 0.4) is 0 Å². The number of carboxylic acid groups (broad SMARTS) is 1. The summed E-state index contributed by atoms with van der Waals surface area (Å²) < 4.78 is 0. The number of hydrogen-bond donors (Lipinski definition) is 4. The van der Waals surface area contributed by atoms with Gasteiger partial charge in [-0.3, -0.25) is 4.79 Å². The molecular formula is C7H9BrO6. The monoisotopic (exact) mass is 268 g/mol. The maximum atomic E-state index is 11.2. The topological polar surface area (TPSA) is 115 Å². The van der Waals surface area contributed by atoms with E-state index in [-0.39, 0.29) is 0 Å². The summed E-state index contributed by atoms with van der Waals surface area (Å²) in [5.41, 5.74) is -2.37. The second-order valence-corrected chi connectivity index (χ2v) is 4.13. The molecule has 0 aromatic carbocycles. The summed E-state index contributed by atoms with van der Waals surface area (Å²) in [5.74, 6) is -2.55. The third-order valence-electron chi connectivity index (χ3n) is 2.22. The first-order valence-corrected chi connectivity index (χ1v) is 4.72. The molecule has 4 atom stereocenters. The van der Waals surface area contributed by atoms with Gasteiger partial charge in [0.05, 0.1) is 6.10 Å². The predicted molar refractivity (Wildman–Crippen MR) is 46.9 cm³/mol. The Bertz CT molecular complexity index is 279. The number of carbonyl (C=O) groups excluding carboxylic acids is 1. The lowest BCUT2D eigenvalue weighted by Crippen LogP contribution is -2.61. The molecule has 14 heavy (non-hydrogen) atoms. The number of carbonyl (C=O) groups is 2. The molecule has 0 amide bonds. The van der Waals surface area contributed by atoms with Gasteiger partial charge >= 0.3 is 5.97 Å². The van der Waals surface area contributed by atoms with Crippen LogP contribution in [0.2, 0.25) is 0 Å². The Labute approximate surface area is 87.3 Å². The number of ketones is 1. The zero-order valence-electron chi connectivity index (χ0n) is 6.92. The SMILES string of the molecule is O=C1[C@@H](O)[C@H](O)C[C@](O)(C(=O)O)[C@H]1Br. The van der Waals surface area contributed by atoms with Crippen LogP contribution in [0.4, 0.5) is 0 Å². The van der Waals surface area contributed by atoms with Gasteiger partial charge in [0.2, 0.25) is 0 Å². The van der Waals surface area contributed by atoms with Gasteiger partial charge in [0.15, 0.2) is 11.4 Å². The van der Waals surface area contributed by atoms with E-state index in [2.05, 4.69) is 15.9 Å². The van der Waals surface area contributed by atoms with Crippen LogP contribution in [0.15, 0.2) is 0 Å². The van der Waals surface area contributed by atoms with Crippen molar-refractivity contribution in [1.29, 1.82) is 0 Å². The summed E-state index contributed by atoms with van der Waals surface area (Å²) in [6, 6.07) is 0. The number of Topliss-reactive ketones (excluding diaryl/α,β-unsaturated/α-hetero) is 1. The molecule has 0 spiro atoms. The van der Waals surface area contributed by atoms with Crippen molar-refractivity contribution in [3.8, 4) is 0 Å². The maximum absolute atomic E-state index is 11.2. The average Bonchev–Trinajstić information content (AvgIpc) is 2.11. The second-order valence-electron chi connectivity index (χ2n) is 3.21. The van der Waals surface area contributed by atoms with Crippen LogP contribution in [0.25, 0.3) is 0 Å². The lowest BCUT2D eigenvalue weighted by atomic mass is 9.80. The van der Waals surface area contributed by atoms with Gasteiger partial charge in [-0.25, -0.2) is 4.79 Å². The van der Waals surface area contributed by atoms with Gasteiger partial charge < -0.3 is 20.4 Å². The smallest absolute Gasteiger partial charge is 0.337 e. The van der Waals surface area contributed by atoms with E-state index in [0.717, 1.165) is 0 Å². The third-order valence-corrected chi connectivity index (χ3v) is 3.42. The minimum Gasteiger partial charge on any atom is -0.479 e. The molecule has 4 N–H and O–H groups in total. The number of hydrogen-bond acceptors (Lipinski definition) is 5. The Morgan fingerprint density at radius 3 is 2.43 bits per heavy atom. The molecular weight excluding hydrogens is 260 g/mol. The highest BCUT2D eigenvalue weighted by Crippen LogP contribution is 2.32. The molecule has 1 rings (SSSR count). The lowest BCUT2D eigenvalue weighted by Gasteiger charge is -2.36. The van der Waals surface area contributed by atoms with Gasteiger partial charge in [-0.05, 0) is 0 Å². The largest absolute Gasteiger partial charge is 0.479 e. The summed E-state index contributed by atoms with van der Waals surface area (Å²) in [7, 11) is 0. The first-order valence-electron chi connectivity index (χ1n) is 3.80. The number of rotatable bonds is 1. The number of aliphatic carboxylic acids is 1. The molecule has 1 aliphatic rings. The minimum atomic E-state index is -2.37. The molecule has 80 valence electrons. The molecule has 0 unspecified atom stereocenters. The standard InChI is InChI=1S/C7H9BrO6/c8-5-4(11)3(10)2(9)1-7(5,14)6(12)13/h2-3,5,9-10,14H,1H2,(H,12,13)/t2-,3+,5+,7-/m1/s1. The molecule has 0 heterocycles. The van der Waals surface area contributed by atoms with E-state index in [1.807, 2.05) is 0 Å². The van der Waals surface area contributed by atoms with Gasteiger partial charge in [-0.2, -0.15) is 0 Å². The van der Waals surface area contributed by atoms with E-state index in [0.29, 0.717) is 0 Å². The summed E-state index contributed by atoms with van der Waals surface area (Å²) in [6.45, 7) is 0. The van der Waals surface area contributed by atoms with Gasteiger partial charge in [0.25, 0.3) is 0 Å². The predicted octanol–water partition coefficient (Wildman–Crippen LogP) is -1.74. The van der Waals surface area contributed by atoms with E-state index in [9.17, 15) is 14.7 Å². The van der Waals surface area contributed by atoms with Crippen molar-refractivity contribution in [2.75, 3.05) is 0 Å². The van der Waals surface area contributed by atoms with Crippen molar-refractivity contribution in [2.45, 2.75) is 29.1 Å². The summed E-state index contributed by atoms with van der Waals surface area (Å²) in [6.07, 6.45) is -3.80. The van der Waals surface area contributed by atoms with E-state index in [4.69, 9.17) is 15.3 Å². The number of carboxylic acids is 1. The lowest BCUT2D eigenvalue weighted by molar-refractivity contribution is -0.174. The Hall–Kier alpha value is -0.500. The Kier molecular flexibility index (Phi) is 2.96. The molecule has 0 saturated heterocycles. The van der Waals surface area contributed by atoms with Gasteiger partial charge in [-0.1, -0.05) is 15.9 Å². The Morgan fingerprint density at radius 2 is 2.00 bits per heavy atom. The molecule has 6 nitrogen and oxygen atoms in total. The second kappa shape index (κ2) is 3.58. The zero-order chi connectivity index (χ0) is 11.1. The van der Waals surface area contributed by atoms with Gasteiger partial charge in [0, 0.05) is 6.42 Å². The highest BCUT2D eigenvalue weighted by Gasteiger charge is 2.55. The van der Waals surface area contributed by atoms with E-state index in [1.54, 1.807) is 0 Å². The number of halogens is 1. The zero-order valence-corrected chi connectivity index (χ0v) is 8.51.